The maximum Gasteiger partial charge on any atom is 0.274 e. The van der Waals surface area contributed by atoms with Crippen molar-refractivity contribution < 1.29 is 13.2 Å². The van der Waals surface area contributed by atoms with Crippen LogP contribution >= 0.6 is 0 Å². The molecule has 8 heteroatoms. The highest BCUT2D eigenvalue weighted by Crippen LogP contribution is 2.37. The lowest BCUT2D eigenvalue weighted by Crippen LogP contribution is -2.38. The third-order valence-corrected chi connectivity index (χ3v) is 7.65. The number of hydrogen-bond acceptors (Lipinski definition) is 5. The molecule has 154 valence electrons. The molecule has 7 nitrogen and oxygen atoms in total. The molecule has 1 aromatic carbocycles. The number of nitrogens with zero attached hydrogens (tertiary/aromatic N) is 3. The second-order valence-corrected chi connectivity index (χ2v) is 9.86. The standard InChI is InChI=1S/C21H26N4O3S/c1-25(17-5-3-2-4-6-17)29(27,28)18-11-9-16(10-12-18)23-21(26)19-13-14-22-20(24-19)15-7-8-15/h9-15,17H,2-8H2,1H3,(H,23,26). The molecule has 0 atom stereocenters. The first kappa shape index (κ1) is 20.0. The van der Waals surface area contributed by atoms with Gasteiger partial charge in [-0.2, -0.15) is 4.31 Å². The molecule has 2 aliphatic carbocycles. The van der Waals surface area contributed by atoms with E-state index in [-0.39, 0.29) is 16.8 Å². The highest BCUT2D eigenvalue weighted by Gasteiger charge is 2.29. The Bertz CT molecular complexity index is 981. The molecule has 1 heterocycles. The maximum absolute atomic E-state index is 12.9. The van der Waals surface area contributed by atoms with Gasteiger partial charge in [0.15, 0.2) is 0 Å². The number of aromatic nitrogens is 2. The van der Waals surface area contributed by atoms with Crippen LogP contribution in [0.1, 0.15) is 67.2 Å². The molecule has 1 aromatic heterocycles. The van der Waals surface area contributed by atoms with Crippen LogP contribution in [-0.4, -0.2) is 41.7 Å². The molecule has 0 aliphatic heterocycles. The first-order chi connectivity index (χ1) is 13.9. The molecule has 1 amide bonds. The number of amides is 1. The van der Waals surface area contributed by atoms with Gasteiger partial charge in [0.2, 0.25) is 10.0 Å². The minimum atomic E-state index is -3.54. The fraction of sp³-hybridized carbons (Fsp3) is 0.476. The number of sulfonamides is 1. The van der Waals surface area contributed by atoms with E-state index in [4.69, 9.17) is 0 Å². The Morgan fingerprint density at radius 3 is 2.38 bits per heavy atom. The summed E-state index contributed by atoms with van der Waals surface area (Å²) in [5, 5.41) is 2.78. The number of carbonyl (C=O) groups is 1. The minimum Gasteiger partial charge on any atom is -0.321 e. The zero-order valence-corrected chi connectivity index (χ0v) is 17.4. The predicted octanol–water partition coefficient (Wildman–Crippen LogP) is 3.56. The van der Waals surface area contributed by atoms with Crippen LogP contribution < -0.4 is 5.32 Å². The summed E-state index contributed by atoms with van der Waals surface area (Å²) in [6, 6.07) is 7.95. The van der Waals surface area contributed by atoms with Gasteiger partial charge in [0.1, 0.15) is 11.5 Å². The number of anilines is 1. The number of benzene rings is 1. The lowest BCUT2D eigenvalue weighted by molar-refractivity contribution is 0.102. The van der Waals surface area contributed by atoms with Crippen LogP contribution in [0.3, 0.4) is 0 Å². The van der Waals surface area contributed by atoms with E-state index in [2.05, 4.69) is 15.3 Å². The van der Waals surface area contributed by atoms with E-state index >= 15 is 0 Å². The van der Waals surface area contributed by atoms with Crippen LogP contribution in [0.15, 0.2) is 41.4 Å². The van der Waals surface area contributed by atoms with E-state index in [0.717, 1.165) is 38.5 Å². The summed E-state index contributed by atoms with van der Waals surface area (Å²) in [6.07, 6.45) is 8.87. The first-order valence-electron chi connectivity index (χ1n) is 10.2. The second kappa shape index (κ2) is 8.20. The average Bonchev–Trinajstić information content (AvgIpc) is 3.60. The van der Waals surface area contributed by atoms with Gasteiger partial charge in [0.25, 0.3) is 5.91 Å². The molecule has 0 saturated heterocycles. The van der Waals surface area contributed by atoms with Crippen molar-refractivity contribution in [3.8, 4) is 0 Å². The van der Waals surface area contributed by atoms with Crippen LogP contribution in [0.25, 0.3) is 0 Å². The smallest absolute Gasteiger partial charge is 0.274 e. The summed E-state index contributed by atoms with van der Waals surface area (Å²) in [5.41, 5.74) is 0.844. The van der Waals surface area contributed by atoms with Crippen molar-refractivity contribution in [1.82, 2.24) is 14.3 Å². The minimum absolute atomic E-state index is 0.0616. The number of nitrogens with one attached hydrogen (secondary N) is 1. The summed E-state index contributed by atoms with van der Waals surface area (Å²) in [7, 11) is -1.88. The Labute approximate surface area is 171 Å². The van der Waals surface area contributed by atoms with Gasteiger partial charge in [0, 0.05) is 30.9 Å². The average molecular weight is 415 g/mol. The molecule has 1 N–H and O–H groups in total. The van der Waals surface area contributed by atoms with Gasteiger partial charge >= 0.3 is 0 Å². The Kier molecular flexibility index (Phi) is 5.65. The summed E-state index contributed by atoms with van der Waals surface area (Å²) in [4.78, 5) is 21.3. The van der Waals surface area contributed by atoms with Gasteiger partial charge in [-0.3, -0.25) is 4.79 Å². The van der Waals surface area contributed by atoms with Crippen LogP contribution in [-0.2, 0) is 10.0 Å². The number of rotatable bonds is 6. The van der Waals surface area contributed by atoms with Crippen molar-refractivity contribution in [1.29, 1.82) is 0 Å². The molecule has 0 radical (unpaired) electrons. The molecule has 2 aliphatic rings. The normalized spacial score (nSPS) is 18.0. The van der Waals surface area contributed by atoms with E-state index in [1.165, 1.54) is 10.7 Å². The predicted molar refractivity (Wildman–Crippen MR) is 110 cm³/mol. The van der Waals surface area contributed by atoms with E-state index in [1.807, 2.05) is 0 Å². The lowest BCUT2D eigenvalue weighted by atomic mass is 9.96. The van der Waals surface area contributed by atoms with E-state index in [1.54, 1.807) is 43.6 Å². The Balaban J connectivity index is 1.44. The zero-order chi connectivity index (χ0) is 20.4. The summed E-state index contributed by atoms with van der Waals surface area (Å²) < 4.78 is 27.3. The lowest BCUT2D eigenvalue weighted by Gasteiger charge is -2.30. The third kappa shape index (κ3) is 4.48. The Hall–Kier alpha value is -2.32. The zero-order valence-electron chi connectivity index (χ0n) is 16.5. The maximum atomic E-state index is 12.9. The highest BCUT2D eigenvalue weighted by molar-refractivity contribution is 7.89. The molecule has 2 saturated carbocycles. The second-order valence-electron chi connectivity index (χ2n) is 7.87. The van der Waals surface area contributed by atoms with Gasteiger partial charge in [-0.25, -0.2) is 18.4 Å². The Morgan fingerprint density at radius 2 is 1.72 bits per heavy atom. The molecule has 2 aromatic rings. The van der Waals surface area contributed by atoms with Crippen molar-refractivity contribution in [2.75, 3.05) is 12.4 Å². The van der Waals surface area contributed by atoms with E-state index in [0.29, 0.717) is 23.1 Å². The fourth-order valence-corrected chi connectivity index (χ4v) is 5.17. The SMILES string of the molecule is CN(C1CCCCC1)S(=O)(=O)c1ccc(NC(=O)c2ccnc(C3CC3)n2)cc1. The van der Waals surface area contributed by atoms with Gasteiger partial charge in [-0.1, -0.05) is 19.3 Å². The van der Waals surface area contributed by atoms with Gasteiger partial charge < -0.3 is 5.32 Å². The van der Waals surface area contributed by atoms with Crippen molar-refractivity contribution in [2.24, 2.45) is 0 Å². The van der Waals surface area contributed by atoms with Crippen molar-refractivity contribution in [3.63, 3.8) is 0 Å². The first-order valence-corrected chi connectivity index (χ1v) is 11.6. The molecule has 29 heavy (non-hydrogen) atoms. The molecule has 0 bridgehead atoms. The quantitative estimate of drug-likeness (QED) is 0.780. The monoisotopic (exact) mass is 414 g/mol. The van der Waals surface area contributed by atoms with Gasteiger partial charge in [-0.15, -0.1) is 0 Å². The van der Waals surface area contributed by atoms with E-state index < -0.39 is 10.0 Å². The summed E-state index contributed by atoms with van der Waals surface area (Å²) in [6.45, 7) is 0. The van der Waals surface area contributed by atoms with Crippen LogP contribution in [0, 0.1) is 0 Å². The molecule has 2 fully saturated rings. The summed E-state index contributed by atoms with van der Waals surface area (Å²) >= 11 is 0. The molecule has 4 rings (SSSR count). The van der Waals surface area contributed by atoms with Crippen LogP contribution in [0.4, 0.5) is 5.69 Å². The number of hydrogen-bond donors (Lipinski definition) is 1. The van der Waals surface area contributed by atoms with Crippen molar-refractivity contribution in [2.45, 2.75) is 61.8 Å². The van der Waals surface area contributed by atoms with Gasteiger partial charge in [-0.05, 0) is 56.0 Å². The molecular weight excluding hydrogens is 388 g/mol. The van der Waals surface area contributed by atoms with Gasteiger partial charge in [0.05, 0.1) is 4.90 Å². The number of carbonyl (C=O) groups excluding carboxylic acids is 1. The largest absolute Gasteiger partial charge is 0.321 e. The fourth-order valence-electron chi connectivity index (χ4n) is 3.75. The van der Waals surface area contributed by atoms with Crippen molar-refractivity contribution in [3.05, 3.63) is 48.0 Å². The van der Waals surface area contributed by atoms with Crippen LogP contribution in [0.2, 0.25) is 0 Å². The topological polar surface area (TPSA) is 92.3 Å². The molecule has 0 spiro atoms. The third-order valence-electron chi connectivity index (χ3n) is 5.73. The highest BCUT2D eigenvalue weighted by atomic mass is 32.2. The Morgan fingerprint density at radius 1 is 1.03 bits per heavy atom. The summed E-state index contributed by atoms with van der Waals surface area (Å²) in [5.74, 6) is 0.752. The molecule has 0 unspecified atom stereocenters. The van der Waals surface area contributed by atoms with E-state index in [9.17, 15) is 13.2 Å². The van der Waals surface area contributed by atoms with Crippen LogP contribution in [0.5, 0.6) is 0 Å². The molecular formula is C21H26N4O3S. The van der Waals surface area contributed by atoms with Crippen molar-refractivity contribution >= 4 is 21.6 Å².